The normalized spacial score (nSPS) is 14.7. The Bertz CT molecular complexity index is 1740. The average Bonchev–Trinajstić information content (AvgIpc) is 3.62. The second-order valence-electron chi connectivity index (χ2n) is 9.71. The predicted molar refractivity (Wildman–Crippen MR) is 159 cm³/mol. The van der Waals surface area contributed by atoms with Gasteiger partial charge < -0.3 is 10.3 Å². The van der Waals surface area contributed by atoms with Crippen molar-refractivity contribution in [2.45, 2.75) is 33.1 Å². The number of para-hydroxylation sites is 1. The number of aromatic nitrogens is 5. The number of allylic oxidation sites excluding steroid dienone is 5. The molecule has 0 amide bonds. The van der Waals surface area contributed by atoms with Gasteiger partial charge in [0.05, 0.1) is 28.4 Å². The van der Waals surface area contributed by atoms with Crippen LogP contribution in [-0.2, 0) is 0 Å². The fourth-order valence-corrected chi connectivity index (χ4v) is 5.73. The van der Waals surface area contributed by atoms with E-state index in [0.717, 1.165) is 61.7 Å². The minimum Gasteiger partial charge on any atom is -0.359 e. The van der Waals surface area contributed by atoms with Crippen molar-refractivity contribution in [3.63, 3.8) is 0 Å². The number of H-pyrrole nitrogens is 2. The highest BCUT2D eigenvalue weighted by Gasteiger charge is 2.21. The van der Waals surface area contributed by atoms with Crippen molar-refractivity contribution in [1.82, 2.24) is 30.5 Å². The van der Waals surface area contributed by atoms with Gasteiger partial charge in [0.1, 0.15) is 5.69 Å². The number of hydrogen-bond acceptors (Lipinski definition) is 5. The van der Waals surface area contributed by atoms with Crippen molar-refractivity contribution in [2.75, 3.05) is 0 Å². The van der Waals surface area contributed by atoms with E-state index in [1.54, 1.807) is 11.3 Å². The van der Waals surface area contributed by atoms with Gasteiger partial charge in [0.15, 0.2) is 5.82 Å². The van der Waals surface area contributed by atoms with E-state index >= 15 is 0 Å². The summed E-state index contributed by atoms with van der Waals surface area (Å²) in [7, 11) is 0. The smallest absolute Gasteiger partial charge is 0.159 e. The van der Waals surface area contributed by atoms with E-state index in [-0.39, 0.29) is 0 Å². The summed E-state index contributed by atoms with van der Waals surface area (Å²) >= 11 is 1.78. The van der Waals surface area contributed by atoms with Crippen molar-refractivity contribution in [1.29, 1.82) is 0 Å². The molecule has 3 N–H and O–H groups in total. The maximum absolute atomic E-state index is 5.00. The number of benzene rings is 1. The first-order valence-electron chi connectivity index (χ1n) is 12.9. The van der Waals surface area contributed by atoms with Crippen molar-refractivity contribution < 1.29 is 0 Å². The highest BCUT2D eigenvalue weighted by atomic mass is 32.1. The third-order valence-corrected chi connectivity index (χ3v) is 8.26. The molecule has 0 saturated heterocycles. The van der Waals surface area contributed by atoms with Crippen LogP contribution in [0.15, 0.2) is 85.4 Å². The zero-order valence-electron chi connectivity index (χ0n) is 21.6. The highest BCUT2D eigenvalue weighted by Crippen LogP contribution is 2.35. The predicted octanol–water partition coefficient (Wildman–Crippen LogP) is 7.91. The lowest BCUT2D eigenvalue weighted by Crippen LogP contribution is -2.23. The molecule has 0 atom stereocenters. The molecule has 7 heteroatoms. The standard InChI is InChI=1S/C31H30N6S/c1-5-20(15-22(6-2)33-19(4)21-9-7-10-21)26-16-24-27(17-32-26)36-37-30(24)31-34-25-12-8-11-23(29(25)35-31)28-14-13-18(3)38-28/h5-6,8,11-17,21,33H,2,4,7,9-10H2,1,3H3,(H,34,35)(H,36,37)/b20-5+,22-15+. The van der Waals surface area contributed by atoms with Crippen LogP contribution in [0, 0.1) is 12.8 Å². The summed E-state index contributed by atoms with van der Waals surface area (Å²) < 4.78 is 0. The van der Waals surface area contributed by atoms with Crippen molar-refractivity contribution in [2.24, 2.45) is 5.92 Å². The molecule has 38 heavy (non-hydrogen) atoms. The Balaban J connectivity index is 1.37. The summed E-state index contributed by atoms with van der Waals surface area (Å²) in [5, 5.41) is 12.2. The van der Waals surface area contributed by atoms with Crippen LogP contribution in [0.2, 0.25) is 0 Å². The molecule has 6 nitrogen and oxygen atoms in total. The first kappa shape index (κ1) is 24.1. The number of aryl methyl sites for hydroxylation is 1. The van der Waals surface area contributed by atoms with E-state index in [2.05, 4.69) is 89.1 Å². The monoisotopic (exact) mass is 518 g/mol. The Hall–Kier alpha value is -4.23. The summed E-state index contributed by atoms with van der Waals surface area (Å²) in [5.41, 5.74) is 8.50. The molecule has 0 radical (unpaired) electrons. The summed E-state index contributed by atoms with van der Waals surface area (Å²) in [4.78, 5) is 15.7. The molecule has 190 valence electrons. The number of nitrogens with one attached hydrogen (secondary N) is 3. The van der Waals surface area contributed by atoms with Gasteiger partial charge in [-0.1, -0.05) is 37.8 Å². The lowest BCUT2D eigenvalue weighted by molar-refractivity contribution is 0.356. The molecular weight excluding hydrogens is 488 g/mol. The molecule has 0 bridgehead atoms. The number of nitrogens with zero attached hydrogens (tertiary/aromatic N) is 3. The van der Waals surface area contributed by atoms with Crippen LogP contribution < -0.4 is 5.32 Å². The summed E-state index contributed by atoms with van der Waals surface area (Å²) in [6.45, 7) is 12.4. The van der Waals surface area contributed by atoms with Gasteiger partial charge >= 0.3 is 0 Å². The summed E-state index contributed by atoms with van der Waals surface area (Å²) in [6.07, 6.45) is 11.5. The fraction of sp³-hybridized carbons (Fsp3) is 0.194. The Morgan fingerprint density at radius 3 is 2.76 bits per heavy atom. The van der Waals surface area contributed by atoms with E-state index in [1.807, 2.05) is 19.2 Å². The molecule has 1 aliphatic carbocycles. The van der Waals surface area contributed by atoms with E-state index in [4.69, 9.17) is 9.97 Å². The lowest BCUT2D eigenvalue weighted by Gasteiger charge is -2.28. The van der Waals surface area contributed by atoms with Gasteiger partial charge in [-0.25, -0.2) is 4.98 Å². The zero-order chi connectivity index (χ0) is 26.2. The molecule has 1 saturated carbocycles. The Kier molecular flexibility index (Phi) is 6.29. The van der Waals surface area contributed by atoms with Crippen LogP contribution in [0.4, 0.5) is 0 Å². The SMILES string of the molecule is C=C/C(=C\C(=C/C)c1cc2c(-c3nc4c(-c5ccc(C)s5)cccc4[nH]3)n[nH]c2cn1)NC(=C)C1CCC1. The van der Waals surface area contributed by atoms with Crippen molar-refractivity contribution >= 4 is 38.8 Å². The molecule has 0 unspecified atom stereocenters. The van der Waals surface area contributed by atoms with Crippen molar-refractivity contribution in [3.05, 3.63) is 95.9 Å². The van der Waals surface area contributed by atoms with Crippen LogP contribution in [0.1, 0.15) is 36.8 Å². The number of hydrogen-bond donors (Lipinski definition) is 3. The average molecular weight is 519 g/mol. The minimum atomic E-state index is 0.545. The number of thiophene rings is 1. The first-order valence-corrected chi connectivity index (χ1v) is 13.7. The maximum Gasteiger partial charge on any atom is 0.159 e. The van der Waals surface area contributed by atoms with E-state index in [1.165, 1.54) is 29.0 Å². The second-order valence-corrected chi connectivity index (χ2v) is 11.0. The Labute approximate surface area is 225 Å². The number of rotatable bonds is 8. The van der Waals surface area contributed by atoms with E-state index in [9.17, 15) is 0 Å². The number of fused-ring (bicyclic) bond motifs is 2. The number of imidazole rings is 1. The van der Waals surface area contributed by atoms with Gasteiger partial charge in [-0.2, -0.15) is 5.10 Å². The number of aromatic amines is 2. The molecule has 4 aromatic heterocycles. The molecule has 4 heterocycles. The molecule has 1 fully saturated rings. The molecule has 1 aromatic carbocycles. The molecule has 6 rings (SSSR count). The van der Waals surface area contributed by atoms with Gasteiger partial charge in [-0.05, 0) is 74.6 Å². The van der Waals surface area contributed by atoms with Crippen LogP contribution >= 0.6 is 11.3 Å². The van der Waals surface area contributed by atoms with Gasteiger partial charge in [0, 0.05) is 32.1 Å². The van der Waals surface area contributed by atoms with Gasteiger partial charge in [0.2, 0.25) is 0 Å². The van der Waals surface area contributed by atoms with E-state index < -0.39 is 0 Å². The van der Waals surface area contributed by atoms with Crippen LogP contribution in [0.3, 0.4) is 0 Å². The maximum atomic E-state index is 5.00. The lowest BCUT2D eigenvalue weighted by atomic mass is 9.83. The fourth-order valence-electron chi connectivity index (χ4n) is 4.84. The highest BCUT2D eigenvalue weighted by molar-refractivity contribution is 7.15. The van der Waals surface area contributed by atoms with E-state index in [0.29, 0.717) is 5.92 Å². The molecule has 0 spiro atoms. The van der Waals surface area contributed by atoms with Crippen molar-refractivity contribution in [3.8, 4) is 22.0 Å². The van der Waals surface area contributed by atoms with Gasteiger partial charge in [-0.15, -0.1) is 11.3 Å². The molecule has 0 aliphatic heterocycles. The molecular formula is C31H30N6S. The Morgan fingerprint density at radius 2 is 2.05 bits per heavy atom. The molecule has 1 aliphatic rings. The zero-order valence-corrected chi connectivity index (χ0v) is 22.5. The summed E-state index contributed by atoms with van der Waals surface area (Å²) in [6, 6.07) is 12.6. The summed E-state index contributed by atoms with van der Waals surface area (Å²) in [5.74, 6) is 1.27. The quantitative estimate of drug-likeness (QED) is 0.182. The largest absolute Gasteiger partial charge is 0.359 e. The topological polar surface area (TPSA) is 82.3 Å². The first-order chi connectivity index (χ1) is 18.5. The third kappa shape index (κ3) is 4.39. The number of pyridine rings is 1. The van der Waals surface area contributed by atoms with Gasteiger partial charge in [0.25, 0.3) is 0 Å². The minimum absolute atomic E-state index is 0.545. The molecule has 5 aromatic rings. The van der Waals surface area contributed by atoms with Crippen LogP contribution in [0.25, 0.3) is 49.5 Å². The Morgan fingerprint density at radius 1 is 1.18 bits per heavy atom. The third-order valence-electron chi connectivity index (χ3n) is 7.23. The van der Waals surface area contributed by atoms with Crippen LogP contribution in [-0.4, -0.2) is 25.1 Å². The second kappa shape index (κ2) is 9.91. The van der Waals surface area contributed by atoms with Crippen LogP contribution in [0.5, 0.6) is 0 Å². The van der Waals surface area contributed by atoms with Gasteiger partial charge in [-0.3, -0.25) is 10.1 Å².